The van der Waals surface area contributed by atoms with Gasteiger partial charge in [-0.15, -0.1) is 23.2 Å². The summed E-state index contributed by atoms with van der Waals surface area (Å²) < 4.78 is 11.4. The molecular formula is C13H16Cl4O2. The molecule has 3 aliphatic rings. The molecule has 2 bridgehead atoms. The monoisotopic (exact) mass is 344 g/mol. The van der Waals surface area contributed by atoms with Gasteiger partial charge in [0.15, 0.2) is 0 Å². The van der Waals surface area contributed by atoms with Crippen LogP contribution in [0, 0.1) is 11.8 Å². The molecule has 0 heterocycles. The Labute approximate surface area is 133 Å². The first-order valence-corrected chi connectivity index (χ1v) is 7.97. The summed E-state index contributed by atoms with van der Waals surface area (Å²) in [4.78, 5) is -1.97. The average molecular weight is 346 g/mol. The maximum atomic E-state index is 6.92. The van der Waals surface area contributed by atoms with Crippen molar-refractivity contribution in [1.29, 1.82) is 0 Å². The predicted octanol–water partition coefficient (Wildman–Crippen LogP) is 4.45. The van der Waals surface area contributed by atoms with Crippen molar-refractivity contribution in [2.24, 2.45) is 11.8 Å². The van der Waals surface area contributed by atoms with E-state index in [0.29, 0.717) is 10.1 Å². The van der Waals surface area contributed by atoms with Gasteiger partial charge in [-0.25, -0.2) is 0 Å². The quantitative estimate of drug-likeness (QED) is 0.543. The van der Waals surface area contributed by atoms with Crippen LogP contribution in [-0.2, 0) is 9.47 Å². The number of hydrogen-bond donors (Lipinski definition) is 0. The zero-order valence-electron chi connectivity index (χ0n) is 10.8. The Bertz CT molecular complexity index is 412. The third-order valence-electron chi connectivity index (χ3n) is 5.15. The number of halogens is 4. The molecule has 6 heteroatoms. The Hall–Kier alpha value is 0.820. The molecule has 0 aromatic carbocycles. The first-order chi connectivity index (χ1) is 8.91. The minimum Gasteiger partial charge on any atom is -0.350 e. The van der Waals surface area contributed by atoms with Gasteiger partial charge in [0.05, 0.1) is 10.1 Å². The Morgan fingerprint density at radius 1 is 0.895 bits per heavy atom. The second kappa shape index (κ2) is 4.41. The number of ether oxygens (including phenoxy) is 2. The maximum absolute atomic E-state index is 6.92. The summed E-state index contributed by atoms with van der Waals surface area (Å²) in [5.41, 5.74) is 0. The predicted molar refractivity (Wildman–Crippen MR) is 78.1 cm³/mol. The fourth-order valence-electron chi connectivity index (χ4n) is 4.45. The van der Waals surface area contributed by atoms with Crippen molar-refractivity contribution in [3.8, 4) is 0 Å². The second-order valence-corrected chi connectivity index (χ2v) is 7.52. The van der Waals surface area contributed by atoms with Crippen molar-refractivity contribution in [3.05, 3.63) is 10.1 Å². The van der Waals surface area contributed by atoms with Crippen LogP contribution >= 0.6 is 46.4 Å². The normalized spacial score (nSPS) is 47.7. The van der Waals surface area contributed by atoms with Gasteiger partial charge in [0.25, 0.3) is 0 Å². The van der Waals surface area contributed by atoms with E-state index in [4.69, 9.17) is 55.9 Å². The molecule has 0 unspecified atom stereocenters. The van der Waals surface area contributed by atoms with Gasteiger partial charge in [-0.3, -0.25) is 0 Å². The molecule has 108 valence electrons. The van der Waals surface area contributed by atoms with Crippen LogP contribution in [0.2, 0.25) is 0 Å². The van der Waals surface area contributed by atoms with E-state index in [1.807, 2.05) is 0 Å². The van der Waals surface area contributed by atoms with Crippen molar-refractivity contribution in [1.82, 2.24) is 0 Å². The van der Waals surface area contributed by atoms with Crippen LogP contribution in [-0.4, -0.2) is 29.8 Å². The summed E-state index contributed by atoms with van der Waals surface area (Å²) in [5, 5.41) is 0.773. The highest BCUT2D eigenvalue weighted by molar-refractivity contribution is 6.52. The fraction of sp³-hybridized carbons (Fsp3) is 0.846. The van der Waals surface area contributed by atoms with E-state index >= 15 is 0 Å². The molecule has 19 heavy (non-hydrogen) atoms. The molecule has 2 saturated carbocycles. The summed E-state index contributed by atoms with van der Waals surface area (Å²) in [6.45, 7) is 0. The number of rotatable bonds is 2. The minimum atomic E-state index is -1.20. The Morgan fingerprint density at radius 3 is 1.58 bits per heavy atom. The fourth-order valence-corrected chi connectivity index (χ4v) is 6.74. The molecule has 3 rings (SSSR count). The summed E-state index contributed by atoms with van der Waals surface area (Å²) >= 11 is 26.7. The smallest absolute Gasteiger partial charge is 0.217 e. The topological polar surface area (TPSA) is 18.5 Å². The van der Waals surface area contributed by atoms with Gasteiger partial charge in [0, 0.05) is 14.2 Å². The van der Waals surface area contributed by atoms with Gasteiger partial charge in [-0.05, 0) is 24.7 Å². The van der Waals surface area contributed by atoms with Crippen LogP contribution in [0.4, 0.5) is 0 Å². The van der Waals surface area contributed by atoms with E-state index in [1.54, 1.807) is 14.2 Å². The summed E-state index contributed by atoms with van der Waals surface area (Å²) in [6.07, 6.45) is 4.18. The highest BCUT2D eigenvalue weighted by Crippen LogP contribution is 2.75. The molecule has 0 aliphatic heterocycles. The third kappa shape index (κ3) is 1.31. The molecule has 3 aliphatic carbocycles. The average Bonchev–Trinajstić information content (AvgIpc) is 2.69. The van der Waals surface area contributed by atoms with Crippen molar-refractivity contribution in [2.45, 2.75) is 41.2 Å². The van der Waals surface area contributed by atoms with E-state index in [0.717, 1.165) is 25.7 Å². The molecule has 2 fully saturated rings. The van der Waals surface area contributed by atoms with Gasteiger partial charge < -0.3 is 9.47 Å². The van der Waals surface area contributed by atoms with Crippen LogP contribution in [0.15, 0.2) is 10.1 Å². The molecule has 0 amide bonds. The summed E-state index contributed by atoms with van der Waals surface area (Å²) in [7, 11) is 3.10. The molecule has 0 aromatic rings. The molecular weight excluding hydrogens is 330 g/mol. The second-order valence-electron chi connectivity index (χ2n) is 5.57. The lowest BCUT2D eigenvalue weighted by molar-refractivity contribution is -0.220. The van der Waals surface area contributed by atoms with Gasteiger partial charge in [-0.1, -0.05) is 36.0 Å². The van der Waals surface area contributed by atoms with E-state index in [-0.39, 0.29) is 11.8 Å². The molecule has 0 aromatic heterocycles. The van der Waals surface area contributed by atoms with Gasteiger partial charge in [-0.2, -0.15) is 0 Å². The number of hydrogen-bond acceptors (Lipinski definition) is 2. The Morgan fingerprint density at radius 2 is 1.26 bits per heavy atom. The lowest BCUT2D eigenvalue weighted by Crippen LogP contribution is -2.57. The highest BCUT2D eigenvalue weighted by atomic mass is 35.5. The van der Waals surface area contributed by atoms with Crippen molar-refractivity contribution >= 4 is 46.4 Å². The lowest BCUT2D eigenvalue weighted by Gasteiger charge is -2.41. The zero-order valence-corrected chi connectivity index (χ0v) is 13.8. The summed E-state index contributed by atoms with van der Waals surface area (Å²) in [5.74, 6) is -0.928. The van der Waals surface area contributed by atoms with Crippen molar-refractivity contribution < 1.29 is 9.47 Å². The Kier molecular flexibility index (Phi) is 3.42. The Balaban J connectivity index is 2.27. The van der Waals surface area contributed by atoms with Gasteiger partial charge in [0.2, 0.25) is 5.79 Å². The van der Waals surface area contributed by atoms with Crippen LogP contribution in [0.1, 0.15) is 25.7 Å². The molecule has 0 saturated heterocycles. The first-order valence-electron chi connectivity index (χ1n) is 6.46. The third-order valence-corrected chi connectivity index (χ3v) is 7.85. The van der Waals surface area contributed by atoms with E-state index < -0.39 is 15.5 Å². The lowest BCUT2D eigenvalue weighted by atomic mass is 9.73. The molecule has 0 N–H and O–H groups in total. The number of fused-ring (bicyclic) bond motifs is 5. The molecule has 0 radical (unpaired) electrons. The SMILES string of the molecule is COC1(OC)[C@@]2(Cl)C(Cl)=C(Cl)[C@]1(Cl)[C@H]1CCCC[C@@H]12. The van der Waals surface area contributed by atoms with Crippen LogP contribution in [0.25, 0.3) is 0 Å². The molecule has 0 spiro atoms. The van der Waals surface area contributed by atoms with Crippen molar-refractivity contribution in [2.75, 3.05) is 14.2 Å². The number of alkyl halides is 2. The standard InChI is InChI=1S/C13H16Cl4O2/c1-18-13(19-2)11(16)7-5-3-4-6-8(7)12(13,17)10(15)9(11)14/h7-8H,3-6H2,1-2H3/t7-,8-,11-,12+/m0/s1. The highest BCUT2D eigenvalue weighted by Gasteiger charge is 2.84. The molecule has 2 nitrogen and oxygen atoms in total. The molecule has 4 atom stereocenters. The van der Waals surface area contributed by atoms with Crippen LogP contribution in [0.5, 0.6) is 0 Å². The van der Waals surface area contributed by atoms with Crippen molar-refractivity contribution in [3.63, 3.8) is 0 Å². The summed E-state index contributed by atoms with van der Waals surface area (Å²) in [6, 6.07) is 0. The maximum Gasteiger partial charge on any atom is 0.217 e. The van der Waals surface area contributed by atoms with Crippen LogP contribution in [0.3, 0.4) is 0 Å². The van der Waals surface area contributed by atoms with E-state index in [1.165, 1.54) is 0 Å². The minimum absolute atomic E-state index is 0.135. The first kappa shape index (κ1) is 14.7. The number of methoxy groups -OCH3 is 2. The van der Waals surface area contributed by atoms with E-state index in [2.05, 4.69) is 0 Å². The van der Waals surface area contributed by atoms with Crippen LogP contribution < -0.4 is 0 Å². The van der Waals surface area contributed by atoms with Gasteiger partial charge in [0.1, 0.15) is 9.75 Å². The zero-order chi connectivity index (χ0) is 14.1. The van der Waals surface area contributed by atoms with E-state index in [9.17, 15) is 0 Å². The van der Waals surface area contributed by atoms with Gasteiger partial charge >= 0.3 is 0 Å². The largest absolute Gasteiger partial charge is 0.350 e.